The number of aromatic carboxylic acids is 1. The van der Waals surface area contributed by atoms with Crippen LogP contribution in [0.3, 0.4) is 0 Å². The van der Waals surface area contributed by atoms with E-state index in [4.69, 9.17) is 14.6 Å². The largest absolute Gasteiger partial charge is 0.478 e. The van der Waals surface area contributed by atoms with E-state index in [1.54, 1.807) is 0 Å². The molecule has 0 aliphatic rings. The van der Waals surface area contributed by atoms with Crippen molar-refractivity contribution in [2.45, 2.75) is 90.1 Å². The predicted octanol–water partition coefficient (Wildman–Crippen LogP) is 6.26. The second-order valence-electron chi connectivity index (χ2n) is 8.76. The molecule has 0 radical (unpaired) electrons. The Labute approximate surface area is 215 Å². The maximum absolute atomic E-state index is 12.2. The molecule has 7 heteroatoms. The molecule has 0 saturated heterocycles. The van der Waals surface area contributed by atoms with Crippen molar-refractivity contribution in [1.82, 2.24) is 0 Å². The smallest absolute Gasteiger partial charge is 0.338 e. The van der Waals surface area contributed by atoms with E-state index in [1.807, 2.05) is 0 Å². The molecule has 0 amide bonds. The summed E-state index contributed by atoms with van der Waals surface area (Å²) in [7, 11) is 0. The van der Waals surface area contributed by atoms with Crippen LogP contribution in [-0.4, -0.2) is 47.4 Å². The number of rotatable bonds is 20. The molecule has 0 bridgehead atoms. The number of esters is 2. The quantitative estimate of drug-likeness (QED) is 0.123. The Bertz CT molecular complexity index is 829. The molecule has 1 aromatic carbocycles. The van der Waals surface area contributed by atoms with Crippen molar-refractivity contribution in [3.63, 3.8) is 0 Å². The molecule has 0 spiro atoms. The molecule has 1 aromatic rings. The lowest BCUT2D eigenvalue weighted by Crippen LogP contribution is -2.28. The molecule has 1 rings (SSSR count). The first-order valence-electron chi connectivity index (χ1n) is 13.1. The summed E-state index contributed by atoms with van der Waals surface area (Å²) in [6, 6.07) is 5.39. The van der Waals surface area contributed by atoms with Crippen molar-refractivity contribution in [3.8, 4) is 0 Å². The topological polar surface area (TPSA) is 110 Å². The average Bonchev–Trinajstić information content (AvgIpc) is 2.88. The van der Waals surface area contributed by atoms with E-state index >= 15 is 0 Å². The minimum absolute atomic E-state index is 0.0461. The molecular formula is C29H42O7. The second kappa shape index (κ2) is 20.3. The SMILES string of the molecule is CCCCC/C=C\C/C=C\CCCCCCCC(=O)OCC(CO)OC(=O)c1cccc(C(=O)O)c1. The maximum Gasteiger partial charge on any atom is 0.338 e. The van der Waals surface area contributed by atoms with Gasteiger partial charge in [-0.1, -0.05) is 69.4 Å². The van der Waals surface area contributed by atoms with Crippen LogP contribution in [0.2, 0.25) is 0 Å². The minimum atomic E-state index is -1.16. The van der Waals surface area contributed by atoms with Crippen LogP contribution in [0.5, 0.6) is 0 Å². The molecule has 2 N–H and O–H groups in total. The van der Waals surface area contributed by atoms with Crippen molar-refractivity contribution in [2.24, 2.45) is 0 Å². The van der Waals surface area contributed by atoms with Crippen LogP contribution in [0.1, 0.15) is 105 Å². The van der Waals surface area contributed by atoms with E-state index in [1.165, 1.54) is 49.9 Å². The fourth-order valence-corrected chi connectivity index (χ4v) is 3.46. The monoisotopic (exact) mass is 502 g/mol. The van der Waals surface area contributed by atoms with Crippen LogP contribution in [0.25, 0.3) is 0 Å². The number of benzene rings is 1. The summed E-state index contributed by atoms with van der Waals surface area (Å²) in [5.41, 5.74) is -0.00127. The van der Waals surface area contributed by atoms with Crippen molar-refractivity contribution >= 4 is 17.9 Å². The fraction of sp³-hybridized carbons (Fsp3) is 0.552. The number of aliphatic hydroxyl groups excluding tert-OH is 1. The summed E-state index contributed by atoms with van der Waals surface area (Å²) in [6.45, 7) is 1.45. The lowest BCUT2D eigenvalue weighted by Gasteiger charge is -2.16. The normalized spacial score (nSPS) is 12.2. The Balaban J connectivity index is 2.10. The molecule has 36 heavy (non-hydrogen) atoms. The molecule has 1 atom stereocenters. The second-order valence-corrected chi connectivity index (χ2v) is 8.76. The molecule has 0 saturated carbocycles. The number of carboxylic acid groups (broad SMARTS) is 1. The van der Waals surface area contributed by atoms with E-state index in [2.05, 4.69) is 31.2 Å². The zero-order valence-corrected chi connectivity index (χ0v) is 21.5. The van der Waals surface area contributed by atoms with Gasteiger partial charge in [0, 0.05) is 6.42 Å². The van der Waals surface area contributed by atoms with E-state index in [0.717, 1.165) is 44.9 Å². The van der Waals surface area contributed by atoms with Crippen LogP contribution in [0.15, 0.2) is 48.6 Å². The Morgan fingerprint density at radius 2 is 1.53 bits per heavy atom. The first kappa shape index (κ1) is 31.1. The molecule has 0 heterocycles. The number of aliphatic hydroxyl groups is 1. The van der Waals surface area contributed by atoms with Crippen LogP contribution < -0.4 is 0 Å². The maximum atomic E-state index is 12.2. The first-order valence-corrected chi connectivity index (χ1v) is 13.1. The molecule has 1 unspecified atom stereocenters. The van der Waals surface area contributed by atoms with Gasteiger partial charge in [0.25, 0.3) is 0 Å². The van der Waals surface area contributed by atoms with Crippen molar-refractivity contribution in [3.05, 3.63) is 59.7 Å². The van der Waals surface area contributed by atoms with Gasteiger partial charge in [0.05, 0.1) is 17.7 Å². The summed E-state index contributed by atoms with van der Waals surface area (Å²) in [4.78, 5) is 35.2. The van der Waals surface area contributed by atoms with Crippen LogP contribution >= 0.6 is 0 Å². The molecular weight excluding hydrogens is 460 g/mol. The number of hydrogen-bond acceptors (Lipinski definition) is 6. The Morgan fingerprint density at radius 1 is 0.889 bits per heavy atom. The average molecular weight is 503 g/mol. The lowest BCUT2D eigenvalue weighted by molar-refractivity contribution is -0.147. The van der Waals surface area contributed by atoms with Crippen molar-refractivity contribution in [1.29, 1.82) is 0 Å². The van der Waals surface area contributed by atoms with Gasteiger partial charge in [0.1, 0.15) is 6.61 Å². The van der Waals surface area contributed by atoms with Gasteiger partial charge < -0.3 is 19.7 Å². The molecule has 0 aromatic heterocycles. The third-order valence-electron chi connectivity index (χ3n) is 5.58. The highest BCUT2D eigenvalue weighted by Crippen LogP contribution is 2.11. The van der Waals surface area contributed by atoms with Gasteiger partial charge >= 0.3 is 17.9 Å². The van der Waals surface area contributed by atoms with E-state index < -0.39 is 30.6 Å². The van der Waals surface area contributed by atoms with Gasteiger partial charge in [-0.2, -0.15) is 0 Å². The van der Waals surface area contributed by atoms with Crippen molar-refractivity contribution in [2.75, 3.05) is 13.2 Å². The molecule has 0 aliphatic heterocycles. The van der Waals surface area contributed by atoms with Crippen LogP contribution in [0, 0.1) is 0 Å². The van der Waals surface area contributed by atoms with Gasteiger partial charge in [-0.05, 0) is 56.7 Å². The number of carboxylic acids is 1. The summed E-state index contributed by atoms with van der Waals surface area (Å²) < 4.78 is 10.3. The van der Waals surface area contributed by atoms with Gasteiger partial charge in [-0.25, -0.2) is 9.59 Å². The van der Waals surface area contributed by atoms with Gasteiger partial charge in [-0.15, -0.1) is 0 Å². The van der Waals surface area contributed by atoms with Gasteiger partial charge in [0.2, 0.25) is 0 Å². The molecule has 0 fully saturated rings. The number of carbonyl (C=O) groups excluding carboxylic acids is 2. The highest BCUT2D eigenvalue weighted by molar-refractivity contribution is 5.94. The number of ether oxygens (including phenoxy) is 2. The van der Waals surface area contributed by atoms with Crippen LogP contribution in [-0.2, 0) is 14.3 Å². The standard InChI is InChI=1S/C29H42O7/c1-2-3-4-5-6-7-8-9-10-11-12-13-14-15-16-20-27(31)35-23-26(22-30)36-29(34)25-19-17-18-24(21-25)28(32)33/h6-7,9-10,17-19,21,26,30H,2-5,8,11-16,20,22-23H2,1H3,(H,32,33)/b7-6-,10-9-. The zero-order valence-electron chi connectivity index (χ0n) is 21.5. The number of hydrogen-bond donors (Lipinski definition) is 2. The molecule has 200 valence electrons. The highest BCUT2D eigenvalue weighted by Gasteiger charge is 2.18. The van der Waals surface area contributed by atoms with E-state index in [0.29, 0.717) is 0 Å². The van der Waals surface area contributed by atoms with E-state index in [9.17, 15) is 19.5 Å². The Morgan fingerprint density at radius 3 is 2.19 bits per heavy atom. The molecule has 7 nitrogen and oxygen atoms in total. The fourth-order valence-electron chi connectivity index (χ4n) is 3.46. The number of allylic oxidation sites excluding steroid dienone is 4. The highest BCUT2D eigenvalue weighted by atomic mass is 16.6. The van der Waals surface area contributed by atoms with Crippen molar-refractivity contribution < 1.29 is 34.1 Å². The van der Waals surface area contributed by atoms with Gasteiger partial charge in [-0.3, -0.25) is 4.79 Å². The van der Waals surface area contributed by atoms with Crippen LogP contribution in [0.4, 0.5) is 0 Å². The van der Waals surface area contributed by atoms with E-state index in [-0.39, 0.29) is 24.2 Å². The minimum Gasteiger partial charge on any atom is -0.478 e. The zero-order chi connectivity index (χ0) is 26.4. The first-order chi connectivity index (χ1) is 17.5. The summed E-state index contributed by atoms with van der Waals surface area (Å²) in [5.74, 6) is -2.35. The Hall–Kier alpha value is -2.93. The number of carbonyl (C=O) groups is 3. The predicted molar refractivity (Wildman–Crippen MR) is 140 cm³/mol. The third kappa shape index (κ3) is 15.1. The third-order valence-corrected chi connectivity index (χ3v) is 5.58. The lowest BCUT2D eigenvalue weighted by atomic mass is 10.1. The molecule has 0 aliphatic carbocycles. The summed E-state index contributed by atoms with van der Waals surface area (Å²) in [5, 5.41) is 18.4. The number of unbranched alkanes of at least 4 members (excludes halogenated alkanes) is 8. The summed E-state index contributed by atoms with van der Waals surface area (Å²) >= 11 is 0. The Kier molecular flexibility index (Phi) is 17.5. The van der Waals surface area contributed by atoms with Gasteiger partial charge in [0.15, 0.2) is 6.10 Å². The summed E-state index contributed by atoms with van der Waals surface area (Å²) in [6.07, 6.45) is 20.3.